The van der Waals surface area contributed by atoms with Crippen molar-refractivity contribution < 1.29 is 4.39 Å². The predicted octanol–water partition coefficient (Wildman–Crippen LogP) is 3.30. The van der Waals surface area contributed by atoms with Gasteiger partial charge in [-0.1, -0.05) is 39.0 Å². The van der Waals surface area contributed by atoms with Gasteiger partial charge in [-0.05, 0) is 26.8 Å². The molecule has 0 fully saturated rings. The fraction of sp³-hybridized carbons (Fsp3) is 0.917. The first-order chi connectivity index (χ1) is 7.61. The van der Waals surface area contributed by atoms with Gasteiger partial charge in [-0.15, -0.1) is 0 Å². The van der Waals surface area contributed by atoms with Crippen LogP contribution in [0, 0.1) is 11.2 Å². The van der Waals surface area contributed by atoms with Crippen LogP contribution in [0.5, 0.6) is 0 Å². The Kier molecular flexibility index (Phi) is 9.32. The van der Waals surface area contributed by atoms with Crippen molar-refractivity contribution in [3.8, 4) is 5.97 Å². The lowest BCUT2D eigenvalue weighted by Gasteiger charge is -2.15. The largest absolute Gasteiger partial charge is 0.350 e. The van der Waals surface area contributed by atoms with Crippen LogP contribution in [0.3, 0.4) is 0 Å². The van der Waals surface area contributed by atoms with E-state index in [9.17, 15) is 4.39 Å². The van der Waals surface area contributed by atoms with Gasteiger partial charge in [-0.2, -0.15) is 0 Å². The Morgan fingerprint density at radius 3 is 2.38 bits per heavy atom. The number of hydrogen-bond donors (Lipinski definition) is 0. The molecule has 0 aromatic rings. The van der Waals surface area contributed by atoms with Crippen molar-refractivity contribution in [2.45, 2.75) is 57.9 Å². The van der Waals surface area contributed by atoms with Crippen molar-refractivity contribution in [1.82, 2.24) is 4.81 Å². The second-order valence-corrected chi connectivity index (χ2v) is 4.64. The van der Waals surface area contributed by atoms with E-state index < -0.39 is 6.17 Å². The predicted molar refractivity (Wildman–Crippen MR) is 68.1 cm³/mol. The highest BCUT2D eigenvalue weighted by molar-refractivity contribution is 6.64. The third-order valence-corrected chi connectivity index (χ3v) is 2.87. The highest BCUT2D eigenvalue weighted by Crippen LogP contribution is 2.14. The van der Waals surface area contributed by atoms with Crippen LogP contribution in [-0.4, -0.2) is 31.9 Å². The molecule has 0 bridgehead atoms. The zero-order chi connectivity index (χ0) is 12.4. The van der Waals surface area contributed by atoms with E-state index in [0.29, 0.717) is 12.7 Å². The first-order valence-corrected chi connectivity index (χ1v) is 6.31. The van der Waals surface area contributed by atoms with E-state index in [4.69, 9.17) is 5.26 Å². The molecule has 0 radical (unpaired) electrons. The van der Waals surface area contributed by atoms with Crippen molar-refractivity contribution >= 4 is 6.85 Å². The summed E-state index contributed by atoms with van der Waals surface area (Å²) in [6, 6.07) is 0. The van der Waals surface area contributed by atoms with Crippen LogP contribution in [0.4, 0.5) is 4.39 Å². The second-order valence-electron chi connectivity index (χ2n) is 4.64. The normalized spacial score (nSPS) is 12.5. The molecule has 0 spiro atoms. The van der Waals surface area contributed by atoms with Gasteiger partial charge in [0, 0.05) is 5.97 Å². The summed E-state index contributed by atoms with van der Waals surface area (Å²) in [5.74, 6) is 2.13. The van der Waals surface area contributed by atoms with E-state index in [1.54, 1.807) is 4.81 Å². The highest BCUT2D eigenvalue weighted by atomic mass is 19.1. The van der Waals surface area contributed by atoms with Gasteiger partial charge in [0.1, 0.15) is 0 Å². The number of rotatable bonds is 9. The zero-order valence-electron chi connectivity index (χ0n) is 10.9. The van der Waals surface area contributed by atoms with E-state index in [0.717, 1.165) is 12.8 Å². The summed E-state index contributed by atoms with van der Waals surface area (Å²) in [7, 11) is 3.64. The molecule has 2 nitrogen and oxygen atoms in total. The van der Waals surface area contributed by atoms with Crippen molar-refractivity contribution in [1.29, 1.82) is 5.26 Å². The number of halogens is 1. The van der Waals surface area contributed by atoms with Gasteiger partial charge in [0.25, 0.3) is 0 Å². The van der Waals surface area contributed by atoms with Crippen LogP contribution < -0.4 is 0 Å². The second kappa shape index (κ2) is 9.66. The molecule has 1 atom stereocenters. The summed E-state index contributed by atoms with van der Waals surface area (Å²) >= 11 is 0. The number of unbranched alkanes of at least 4 members (excludes halogenated alkanes) is 4. The Hall–Kier alpha value is -0.555. The standard InChI is InChI=1S/C12H24BFN2/c1-4-5-6-7-8-9-12(14)10-13(11-15)16(2)3/h12H,4-10H2,1-3H3. The molecule has 92 valence electrons. The minimum absolute atomic E-state index is 0.286. The Morgan fingerprint density at radius 1 is 1.25 bits per heavy atom. The quantitative estimate of drug-likeness (QED) is 0.445. The van der Waals surface area contributed by atoms with Crippen molar-refractivity contribution in [3.05, 3.63) is 0 Å². The average molecular weight is 226 g/mol. The van der Waals surface area contributed by atoms with Crippen LogP contribution >= 0.6 is 0 Å². The van der Waals surface area contributed by atoms with Crippen LogP contribution in [-0.2, 0) is 0 Å². The summed E-state index contributed by atoms with van der Waals surface area (Å²) in [5, 5.41) is 8.83. The maximum absolute atomic E-state index is 13.5. The molecule has 1 unspecified atom stereocenters. The van der Waals surface area contributed by atoms with E-state index in [2.05, 4.69) is 12.9 Å². The molecule has 0 rings (SSSR count). The summed E-state index contributed by atoms with van der Waals surface area (Å²) in [4.78, 5) is 1.78. The molecule has 0 N–H and O–H groups in total. The number of hydrogen-bond acceptors (Lipinski definition) is 2. The van der Waals surface area contributed by atoms with Crippen molar-refractivity contribution in [2.75, 3.05) is 14.1 Å². The molecule has 4 heteroatoms. The first kappa shape index (κ1) is 15.4. The Morgan fingerprint density at radius 2 is 1.88 bits per heavy atom. The van der Waals surface area contributed by atoms with Crippen LogP contribution in [0.25, 0.3) is 0 Å². The zero-order valence-corrected chi connectivity index (χ0v) is 10.9. The molecule has 0 aromatic heterocycles. The van der Waals surface area contributed by atoms with Crippen molar-refractivity contribution in [2.24, 2.45) is 0 Å². The van der Waals surface area contributed by atoms with Crippen LogP contribution in [0.1, 0.15) is 45.4 Å². The fourth-order valence-electron chi connectivity index (χ4n) is 1.71. The highest BCUT2D eigenvalue weighted by Gasteiger charge is 2.22. The molecule has 0 aromatic carbocycles. The lowest BCUT2D eigenvalue weighted by Crippen LogP contribution is -2.33. The first-order valence-electron chi connectivity index (χ1n) is 6.31. The molecule has 0 aliphatic carbocycles. The van der Waals surface area contributed by atoms with Gasteiger partial charge in [0.2, 0.25) is 0 Å². The SMILES string of the molecule is CCCCCCCC(F)CB(C#N)N(C)C. The minimum atomic E-state index is -0.825. The van der Waals surface area contributed by atoms with Gasteiger partial charge in [0.15, 0.2) is 0 Å². The molecule has 0 aliphatic rings. The van der Waals surface area contributed by atoms with E-state index in [-0.39, 0.29) is 6.85 Å². The molecule has 0 saturated carbocycles. The molecule has 0 aliphatic heterocycles. The molecular weight excluding hydrogens is 202 g/mol. The molecule has 0 heterocycles. The Labute approximate surface area is 99.9 Å². The number of nitriles is 1. The van der Waals surface area contributed by atoms with Gasteiger partial charge in [-0.3, -0.25) is 0 Å². The smallest absolute Gasteiger partial charge is 0.335 e. The number of alkyl halides is 1. The number of nitrogens with zero attached hydrogens (tertiary/aromatic N) is 2. The van der Waals surface area contributed by atoms with Gasteiger partial charge < -0.3 is 4.81 Å². The van der Waals surface area contributed by atoms with Crippen molar-refractivity contribution in [3.63, 3.8) is 0 Å². The molecular formula is C12H24BFN2. The Balaban J connectivity index is 3.57. The Bertz CT molecular complexity index is 204. The topological polar surface area (TPSA) is 27.0 Å². The molecule has 0 amide bonds. The third-order valence-electron chi connectivity index (χ3n) is 2.87. The maximum Gasteiger partial charge on any atom is 0.350 e. The van der Waals surface area contributed by atoms with Gasteiger partial charge in [0.05, 0.1) is 6.17 Å². The summed E-state index contributed by atoms with van der Waals surface area (Å²) in [5.41, 5.74) is 0. The fourth-order valence-corrected chi connectivity index (χ4v) is 1.71. The minimum Gasteiger partial charge on any atom is -0.335 e. The average Bonchev–Trinajstić information content (AvgIpc) is 2.25. The van der Waals surface area contributed by atoms with Crippen LogP contribution in [0.2, 0.25) is 6.32 Å². The van der Waals surface area contributed by atoms with Crippen LogP contribution in [0.15, 0.2) is 0 Å². The van der Waals surface area contributed by atoms with E-state index in [1.165, 1.54) is 19.3 Å². The summed E-state index contributed by atoms with van der Waals surface area (Å²) in [6.07, 6.45) is 5.87. The van der Waals surface area contributed by atoms with Gasteiger partial charge >= 0.3 is 6.85 Å². The lowest BCUT2D eigenvalue weighted by molar-refractivity contribution is 0.325. The third kappa shape index (κ3) is 7.70. The summed E-state index contributed by atoms with van der Waals surface area (Å²) < 4.78 is 13.5. The van der Waals surface area contributed by atoms with E-state index >= 15 is 0 Å². The molecule has 0 saturated heterocycles. The lowest BCUT2D eigenvalue weighted by atomic mass is 9.58. The monoisotopic (exact) mass is 226 g/mol. The maximum atomic E-state index is 13.5. The summed E-state index contributed by atoms with van der Waals surface area (Å²) in [6.45, 7) is 1.89. The molecule has 16 heavy (non-hydrogen) atoms. The van der Waals surface area contributed by atoms with E-state index in [1.807, 2.05) is 14.1 Å². The van der Waals surface area contributed by atoms with Gasteiger partial charge in [-0.25, -0.2) is 9.65 Å².